The molecule has 4 nitrogen and oxygen atoms in total. The summed E-state index contributed by atoms with van der Waals surface area (Å²) in [6.07, 6.45) is -0.520. The van der Waals surface area contributed by atoms with Gasteiger partial charge in [0.1, 0.15) is 18.5 Å². The second-order valence-electron chi connectivity index (χ2n) is 4.63. The Bertz CT molecular complexity index is 395. The lowest BCUT2D eigenvalue weighted by Gasteiger charge is -2.24. The number of hydrogen-bond donors (Lipinski definition) is 1. The molecule has 0 heterocycles. The quantitative estimate of drug-likeness (QED) is 0.831. The maximum atomic E-state index is 9.81. The summed E-state index contributed by atoms with van der Waals surface area (Å²) >= 11 is 0. The zero-order valence-electron chi connectivity index (χ0n) is 11.1. The normalized spacial score (nSPS) is 12.5. The first-order valence-corrected chi connectivity index (χ1v) is 6.04. The van der Waals surface area contributed by atoms with E-state index in [1.807, 2.05) is 13.1 Å². The first-order valence-electron chi connectivity index (χ1n) is 6.04. The second kappa shape index (κ2) is 7.00. The van der Waals surface area contributed by atoms with Gasteiger partial charge in [-0.3, -0.25) is 0 Å². The van der Waals surface area contributed by atoms with Crippen LogP contribution >= 0.6 is 0 Å². The molecule has 0 radical (unpaired) electrons. The monoisotopic (exact) mass is 248 g/mol. The van der Waals surface area contributed by atoms with Gasteiger partial charge >= 0.3 is 0 Å². The molecule has 1 rings (SSSR count). The van der Waals surface area contributed by atoms with E-state index in [0.29, 0.717) is 23.9 Å². The SMILES string of the molecule is CC(C)N(C)CC(O)COc1ccc(C#N)cc1. The summed E-state index contributed by atoms with van der Waals surface area (Å²) in [5.41, 5.74) is 0.599. The molecule has 1 unspecified atom stereocenters. The van der Waals surface area contributed by atoms with Crippen LogP contribution in [0.4, 0.5) is 0 Å². The van der Waals surface area contributed by atoms with E-state index >= 15 is 0 Å². The summed E-state index contributed by atoms with van der Waals surface area (Å²) < 4.78 is 5.46. The Morgan fingerprint density at radius 3 is 2.44 bits per heavy atom. The van der Waals surface area contributed by atoms with Crippen molar-refractivity contribution < 1.29 is 9.84 Å². The minimum Gasteiger partial charge on any atom is -0.491 e. The minimum atomic E-state index is -0.520. The van der Waals surface area contributed by atoms with Crippen LogP contribution in [0.2, 0.25) is 0 Å². The predicted octanol–water partition coefficient (Wildman–Crippen LogP) is 1.64. The molecule has 0 amide bonds. The van der Waals surface area contributed by atoms with Crippen molar-refractivity contribution in [3.05, 3.63) is 29.8 Å². The highest BCUT2D eigenvalue weighted by Crippen LogP contribution is 2.11. The lowest BCUT2D eigenvalue weighted by Crippen LogP contribution is -2.36. The highest BCUT2D eigenvalue weighted by molar-refractivity contribution is 5.34. The second-order valence-corrected chi connectivity index (χ2v) is 4.63. The van der Waals surface area contributed by atoms with Crippen LogP contribution in [0, 0.1) is 11.3 Å². The molecule has 4 heteroatoms. The Kier molecular flexibility index (Phi) is 5.63. The molecule has 0 aliphatic rings. The highest BCUT2D eigenvalue weighted by Gasteiger charge is 2.11. The van der Waals surface area contributed by atoms with E-state index in [1.54, 1.807) is 24.3 Å². The number of nitriles is 1. The maximum absolute atomic E-state index is 9.81. The summed E-state index contributed by atoms with van der Waals surface area (Å²) in [5, 5.41) is 18.5. The van der Waals surface area contributed by atoms with Gasteiger partial charge in [0.2, 0.25) is 0 Å². The third-order valence-electron chi connectivity index (χ3n) is 2.81. The zero-order chi connectivity index (χ0) is 13.5. The molecule has 1 aromatic rings. The Hall–Kier alpha value is -1.57. The number of likely N-dealkylation sites (N-methyl/N-ethyl adjacent to an activating group) is 1. The van der Waals surface area contributed by atoms with Gasteiger partial charge in [-0.05, 0) is 45.2 Å². The molecule has 0 fully saturated rings. The third kappa shape index (κ3) is 4.74. The van der Waals surface area contributed by atoms with E-state index in [9.17, 15) is 5.11 Å². The van der Waals surface area contributed by atoms with Crippen LogP contribution in [-0.2, 0) is 0 Å². The highest BCUT2D eigenvalue weighted by atomic mass is 16.5. The molecule has 1 atom stereocenters. The van der Waals surface area contributed by atoms with Gasteiger partial charge < -0.3 is 14.7 Å². The van der Waals surface area contributed by atoms with Crippen LogP contribution in [0.25, 0.3) is 0 Å². The Morgan fingerprint density at radius 1 is 1.33 bits per heavy atom. The number of aliphatic hydroxyl groups is 1. The molecule has 0 saturated heterocycles. The van der Waals surface area contributed by atoms with Crippen molar-refractivity contribution in [3.8, 4) is 11.8 Å². The van der Waals surface area contributed by atoms with E-state index < -0.39 is 6.10 Å². The van der Waals surface area contributed by atoms with E-state index in [4.69, 9.17) is 10.00 Å². The average Bonchev–Trinajstić information content (AvgIpc) is 2.36. The molecule has 1 N–H and O–H groups in total. The maximum Gasteiger partial charge on any atom is 0.119 e. The number of ether oxygens (including phenoxy) is 1. The smallest absolute Gasteiger partial charge is 0.119 e. The number of benzene rings is 1. The van der Waals surface area contributed by atoms with Gasteiger partial charge in [0.15, 0.2) is 0 Å². The topological polar surface area (TPSA) is 56.5 Å². The Balaban J connectivity index is 2.38. The number of hydrogen-bond acceptors (Lipinski definition) is 4. The van der Waals surface area contributed by atoms with Crippen molar-refractivity contribution in [1.82, 2.24) is 4.90 Å². The molecule has 0 aliphatic heterocycles. The fourth-order valence-electron chi connectivity index (χ4n) is 1.41. The standard InChI is InChI=1S/C14H20N2O2/c1-11(2)16(3)9-13(17)10-18-14-6-4-12(8-15)5-7-14/h4-7,11,13,17H,9-10H2,1-3H3. The molecule has 0 aromatic heterocycles. The molecule has 1 aromatic carbocycles. The van der Waals surface area contributed by atoms with Crippen molar-refractivity contribution in [2.45, 2.75) is 26.0 Å². The van der Waals surface area contributed by atoms with Gasteiger partial charge in [0.05, 0.1) is 11.6 Å². The lowest BCUT2D eigenvalue weighted by molar-refractivity contribution is 0.0678. The van der Waals surface area contributed by atoms with Gasteiger partial charge in [-0.2, -0.15) is 5.26 Å². The fraction of sp³-hybridized carbons (Fsp3) is 0.500. The van der Waals surface area contributed by atoms with Crippen molar-refractivity contribution in [2.24, 2.45) is 0 Å². The van der Waals surface area contributed by atoms with E-state index in [0.717, 1.165) is 0 Å². The van der Waals surface area contributed by atoms with Crippen LogP contribution in [-0.4, -0.2) is 42.4 Å². The van der Waals surface area contributed by atoms with Gasteiger partial charge in [-0.25, -0.2) is 0 Å². The zero-order valence-corrected chi connectivity index (χ0v) is 11.1. The molecule has 0 bridgehead atoms. The summed E-state index contributed by atoms with van der Waals surface area (Å²) in [6, 6.07) is 9.30. The number of aliphatic hydroxyl groups excluding tert-OH is 1. The van der Waals surface area contributed by atoms with Crippen molar-refractivity contribution in [1.29, 1.82) is 5.26 Å². The van der Waals surface area contributed by atoms with Gasteiger partial charge in [-0.1, -0.05) is 0 Å². The van der Waals surface area contributed by atoms with Gasteiger partial charge in [-0.15, -0.1) is 0 Å². The van der Waals surface area contributed by atoms with Crippen LogP contribution in [0.5, 0.6) is 5.75 Å². The van der Waals surface area contributed by atoms with Crippen molar-refractivity contribution in [3.63, 3.8) is 0 Å². The molecule has 0 saturated carbocycles. The third-order valence-corrected chi connectivity index (χ3v) is 2.81. The molecule has 18 heavy (non-hydrogen) atoms. The van der Waals surface area contributed by atoms with E-state index in [2.05, 4.69) is 18.7 Å². The summed E-state index contributed by atoms with van der Waals surface area (Å²) in [5.74, 6) is 0.667. The van der Waals surface area contributed by atoms with Crippen LogP contribution in [0.1, 0.15) is 19.4 Å². The van der Waals surface area contributed by atoms with Gasteiger partial charge in [0, 0.05) is 12.6 Å². The molecule has 98 valence electrons. The first-order chi connectivity index (χ1) is 8.52. The van der Waals surface area contributed by atoms with E-state index in [1.165, 1.54) is 0 Å². The molecule has 0 aliphatic carbocycles. The Morgan fingerprint density at radius 2 is 1.94 bits per heavy atom. The van der Waals surface area contributed by atoms with Crippen LogP contribution < -0.4 is 4.74 Å². The summed E-state index contributed by atoms with van der Waals surface area (Å²) in [6.45, 7) is 4.99. The molecular formula is C14H20N2O2. The summed E-state index contributed by atoms with van der Waals surface area (Å²) in [7, 11) is 1.97. The average molecular weight is 248 g/mol. The largest absolute Gasteiger partial charge is 0.491 e. The number of rotatable bonds is 6. The lowest BCUT2D eigenvalue weighted by atomic mass is 10.2. The van der Waals surface area contributed by atoms with Gasteiger partial charge in [0.25, 0.3) is 0 Å². The van der Waals surface area contributed by atoms with Crippen LogP contribution in [0.15, 0.2) is 24.3 Å². The van der Waals surface area contributed by atoms with Crippen LogP contribution in [0.3, 0.4) is 0 Å². The predicted molar refractivity (Wildman–Crippen MR) is 70.4 cm³/mol. The molecular weight excluding hydrogens is 228 g/mol. The summed E-state index contributed by atoms with van der Waals surface area (Å²) in [4.78, 5) is 2.06. The van der Waals surface area contributed by atoms with E-state index in [-0.39, 0.29) is 6.61 Å². The van der Waals surface area contributed by atoms with Crippen molar-refractivity contribution >= 4 is 0 Å². The molecule has 0 spiro atoms. The fourth-order valence-corrected chi connectivity index (χ4v) is 1.41. The van der Waals surface area contributed by atoms with Crippen molar-refractivity contribution in [2.75, 3.05) is 20.2 Å². The Labute approximate surface area is 108 Å². The number of nitrogens with zero attached hydrogens (tertiary/aromatic N) is 2. The first kappa shape index (κ1) is 14.5. The minimum absolute atomic E-state index is 0.253.